The first-order valence-corrected chi connectivity index (χ1v) is 9.37. The van der Waals surface area contributed by atoms with Gasteiger partial charge in [0.1, 0.15) is 0 Å². The molecule has 1 heteroatoms. The number of benzene rings is 3. The molecule has 0 aliphatic rings. The Kier molecular flexibility index (Phi) is 5.27. The zero-order chi connectivity index (χ0) is 18.7. The van der Waals surface area contributed by atoms with Gasteiger partial charge in [0, 0.05) is 28.9 Å². The first-order chi connectivity index (χ1) is 12.7. The molecule has 132 valence electrons. The van der Waals surface area contributed by atoms with Crippen LogP contribution in [0, 0.1) is 6.92 Å². The summed E-state index contributed by atoms with van der Waals surface area (Å²) >= 11 is 0. The summed E-state index contributed by atoms with van der Waals surface area (Å²) in [6.07, 6.45) is 2.87. The smallest absolute Gasteiger partial charge is 0.0495 e. The lowest BCUT2D eigenvalue weighted by atomic mass is 9.93. The summed E-state index contributed by atoms with van der Waals surface area (Å²) in [6, 6.07) is 21.9. The van der Waals surface area contributed by atoms with E-state index in [-0.39, 0.29) is 0 Å². The lowest BCUT2D eigenvalue weighted by Gasteiger charge is -2.12. The van der Waals surface area contributed by atoms with Crippen molar-refractivity contribution in [3.8, 4) is 11.1 Å². The minimum atomic E-state index is 0.878. The maximum absolute atomic E-state index is 3.96. The number of para-hydroxylation sites is 1. The first kappa shape index (κ1) is 18.0. The maximum Gasteiger partial charge on any atom is 0.0495 e. The van der Waals surface area contributed by atoms with Crippen LogP contribution in [0.3, 0.4) is 0 Å². The van der Waals surface area contributed by atoms with Crippen molar-refractivity contribution < 1.29 is 0 Å². The lowest BCUT2D eigenvalue weighted by molar-refractivity contribution is 1.01. The molecular weight excluding hydrogens is 314 g/mol. The quantitative estimate of drug-likeness (QED) is 0.351. The molecule has 4 aromatic rings. The predicted molar refractivity (Wildman–Crippen MR) is 116 cm³/mol. The Hall–Kier alpha value is -2.80. The molecule has 4 rings (SSSR count). The van der Waals surface area contributed by atoms with E-state index < -0.39 is 0 Å². The molecule has 0 N–H and O–H groups in total. The van der Waals surface area contributed by atoms with Gasteiger partial charge in [0.15, 0.2) is 0 Å². The second kappa shape index (κ2) is 7.61. The molecule has 0 aliphatic heterocycles. The third kappa shape index (κ3) is 2.94. The van der Waals surface area contributed by atoms with Crippen LogP contribution < -0.4 is 0 Å². The van der Waals surface area contributed by atoms with E-state index in [0.717, 1.165) is 6.42 Å². The van der Waals surface area contributed by atoms with Crippen molar-refractivity contribution in [2.45, 2.75) is 27.2 Å². The Morgan fingerprint density at radius 1 is 0.846 bits per heavy atom. The molecule has 0 spiro atoms. The third-order valence-electron chi connectivity index (χ3n) is 4.94. The molecule has 0 radical (unpaired) electrons. The average molecular weight is 341 g/mol. The summed E-state index contributed by atoms with van der Waals surface area (Å²) in [5.41, 5.74) is 7.82. The van der Waals surface area contributed by atoms with E-state index in [9.17, 15) is 0 Å². The van der Waals surface area contributed by atoms with Gasteiger partial charge in [-0.1, -0.05) is 62.4 Å². The molecule has 0 unspecified atom stereocenters. The summed E-state index contributed by atoms with van der Waals surface area (Å²) in [5, 5.41) is 2.64. The summed E-state index contributed by atoms with van der Waals surface area (Å²) in [6.45, 7) is 10.1. The average Bonchev–Trinajstić information content (AvgIpc) is 2.96. The van der Waals surface area contributed by atoms with E-state index in [1.807, 2.05) is 19.9 Å². The van der Waals surface area contributed by atoms with Gasteiger partial charge in [0.25, 0.3) is 0 Å². The van der Waals surface area contributed by atoms with Gasteiger partial charge in [-0.25, -0.2) is 0 Å². The van der Waals surface area contributed by atoms with Gasteiger partial charge in [0.05, 0.1) is 0 Å². The first-order valence-electron chi connectivity index (χ1n) is 9.37. The van der Waals surface area contributed by atoms with Crippen LogP contribution in [0.25, 0.3) is 32.9 Å². The van der Waals surface area contributed by atoms with Crippen molar-refractivity contribution in [1.82, 2.24) is 4.57 Å². The fourth-order valence-electron chi connectivity index (χ4n) is 3.70. The van der Waals surface area contributed by atoms with Gasteiger partial charge in [0.2, 0.25) is 0 Å². The summed E-state index contributed by atoms with van der Waals surface area (Å²) in [4.78, 5) is 0. The summed E-state index contributed by atoms with van der Waals surface area (Å²) in [5.74, 6) is 0. The number of fused-ring (bicyclic) bond motifs is 3. The highest BCUT2D eigenvalue weighted by molar-refractivity contribution is 6.09. The van der Waals surface area contributed by atoms with Crippen molar-refractivity contribution >= 4 is 21.8 Å². The topological polar surface area (TPSA) is 4.93 Å². The third-order valence-corrected chi connectivity index (χ3v) is 4.94. The minimum Gasteiger partial charge on any atom is -0.344 e. The van der Waals surface area contributed by atoms with Crippen molar-refractivity contribution in [2.75, 3.05) is 0 Å². The Morgan fingerprint density at radius 2 is 1.54 bits per heavy atom. The highest BCUT2D eigenvalue weighted by atomic mass is 14.9. The van der Waals surface area contributed by atoms with Crippen LogP contribution in [0.5, 0.6) is 0 Å². The Labute approximate surface area is 156 Å². The highest BCUT2D eigenvalue weighted by Crippen LogP contribution is 2.35. The largest absolute Gasteiger partial charge is 0.344 e. The molecule has 0 fully saturated rings. The van der Waals surface area contributed by atoms with Crippen LogP contribution in [-0.2, 0) is 13.5 Å². The van der Waals surface area contributed by atoms with Gasteiger partial charge >= 0.3 is 0 Å². The van der Waals surface area contributed by atoms with Crippen molar-refractivity contribution in [3.05, 3.63) is 84.4 Å². The fraction of sp³-hybridized carbons (Fsp3) is 0.200. The number of rotatable bonds is 3. The van der Waals surface area contributed by atoms with E-state index in [1.165, 1.54) is 44.1 Å². The molecule has 1 nitrogen and oxygen atoms in total. The van der Waals surface area contributed by atoms with E-state index in [2.05, 4.69) is 85.8 Å². The molecular formula is C25H27N. The van der Waals surface area contributed by atoms with Crippen LogP contribution in [0.2, 0.25) is 0 Å². The van der Waals surface area contributed by atoms with E-state index in [1.54, 1.807) is 0 Å². The molecule has 0 atom stereocenters. The van der Waals surface area contributed by atoms with E-state index in [4.69, 9.17) is 0 Å². The number of aryl methyl sites for hydroxylation is 2. The van der Waals surface area contributed by atoms with Gasteiger partial charge in [-0.3, -0.25) is 0 Å². The van der Waals surface area contributed by atoms with E-state index in [0.29, 0.717) is 0 Å². The van der Waals surface area contributed by atoms with Gasteiger partial charge < -0.3 is 4.57 Å². The highest BCUT2D eigenvalue weighted by Gasteiger charge is 2.13. The second-order valence-electron chi connectivity index (χ2n) is 6.41. The number of hydrogen-bond acceptors (Lipinski definition) is 0. The van der Waals surface area contributed by atoms with Crippen molar-refractivity contribution in [3.63, 3.8) is 0 Å². The monoisotopic (exact) mass is 341 g/mol. The number of nitrogens with zero attached hydrogens (tertiary/aromatic N) is 1. The normalized spacial score (nSPS) is 10.6. The molecule has 26 heavy (non-hydrogen) atoms. The molecule has 1 heterocycles. The van der Waals surface area contributed by atoms with Gasteiger partial charge in [-0.05, 0) is 53.8 Å². The molecule has 0 bridgehead atoms. The molecule has 3 aromatic carbocycles. The number of allylic oxidation sites excluding steroid dienone is 1. The van der Waals surface area contributed by atoms with E-state index >= 15 is 0 Å². The SMILES string of the molecule is C=CCc1cc2c3ccccc3n(C)c2cc1-c1ccccc1C.CC. The van der Waals surface area contributed by atoms with Gasteiger partial charge in [-0.2, -0.15) is 0 Å². The molecule has 0 aliphatic carbocycles. The Bertz CT molecular complexity index is 1070. The maximum atomic E-state index is 3.96. The van der Waals surface area contributed by atoms with Crippen LogP contribution in [0.1, 0.15) is 25.0 Å². The standard InChI is InChI=1S/C23H21N.C2H6/c1-4-9-17-14-21-19-12-7-8-13-22(19)24(3)23(21)15-20(17)18-11-6-5-10-16(18)2;1-2/h4-8,10-15H,1,9H2,2-3H3;1-2H3. The van der Waals surface area contributed by atoms with Crippen LogP contribution in [0.15, 0.2) is 73.3 Å². The molecule has 0 amide bonds. The van der Waals surface area contributed by atoms with Crippen LogP contribution in [-0.4, -0.2) is 4.57 Å². The van der Waals surface area contributed by atoms with Crippen molar-refractivity contribution in [1.29, 1.82) is 0 Å². The Morgan fingerprint density at radius 3 is 2.27 bits per heavy atom. The Balaban J connectivity index is 0.000000948. The summed E-state index contributed by atoms with van der Waals surface area (Å²) < 4.78 is 2.30. The molecule has 0 saturated heterocycles. The zero-order valence-electron chi connectivity index (χ0n) is 16.2. The second-order valence-corrected chi connectivity index (χ2v) is 6.41. The van der Waals surface area contributed by atoms with Crippen LogP contribution >= 0.6 is 0 Å². The zero-order valence-corrected chi connectivity index (χ0v) is 16.2. The molecule has 0 saturated carbocycles. The lowest BCUT2D eigenvalue weighted by Crippen LogP contribution is -1.93. The van der Waals surface area contributed by atoms with Gasteiger partial charge in [-0.15, -0.1) is 6.58 Å². The van der Waals surface area contributed by atoms with Crippen LogP contribution in [0.4, 0.5) is 0 Å². The minimum absolute atomic E-state index is 0.878. The van der Waals surface area contributed by atoms with Crippen molar-refractivity contribution in [2.24, 2.45) is 7.05 Å². The number of aromatic nitrogens is 1. The number of hydrogen-bond donors (Lipinski definition) is 0. The summed E-state index contributed by atoms with van der Waals surface area (Å²) in [7, 11) is 2.15. The molecule has 1 aromatic heterocycles. The fourth-order valence-corrected chi connectivity index (χ4v) is 3.70. The predicted octanol–water partition coefficient (Wildman–Crippen LogP) is 7.06.